The Morgan fingerprint density at radius 2 is 2.25 bits per heavy atom. The number of nitrogens with one attached hydrogen (secondary N) is 1. The van der Waals surface area contributed by atoms with E-state index in [2.05, 4.69) is 25.9 Å². The molecule has 1 unspecified atom stereocenters. The van der Waals surface area contributed by atoms with Crippen LogP contribution in [0.4, 0.5) is 0 Å². The van der Waals surface area contributed by atoms with Crippen molar-refractivity contribution >= 4 is 16.8 Å². The van der Waals surface area contributed by atoms with Gasteiger partial charge in [0.1, 0.15) is 0 Å². The zero-order chi connectivity index (χ0) is 19.7. The number of nitrogens with zero attached hydrogens (tertiary/aromatic N) is 4. The minimum absolute atomic E-state index is 0.0235. The van der Waals surface area contributed by atoms with E-state index in [-0.39, 0.29) is 17.9 Å². The largest absolute Gasteiger partial charge is 0.353 e. The SMILES string of the molecule is CC(C)C(=O)NC1CCc2c(c3cc(C#N)ccc3n2Cc2cnccn2)C1. The summed E-state index contributed by atoms with van der Waals surface area (Å²) in [5.74, 6) is 0.0686. The van der Waals surface area contributed by atoms with Gasteiger partial charge in [-0.05, 0) is 43.0 Å². The van der Waals surface area contributed by atoms with Crippen molar-refractivity contribution in [1.29, 1.82) is 5.26 Å². The van der Waals surface area contributed by atoms with E-state index >= 15 is 0 Å². The Labute approximate surface area is 164 Å². The molecule has 1 atom stereocenters. The smallest absolute Gasteiger partial charge is 0.222 e. The Hall–Kier alpha value is -3.20. The van der Waals surface area contributed by atoms with Crippen molar-refractivity contribution in [2.75, 3.05) is 0 Å². The van der Waals surface area contributed by atoms with Crippen LogP contribution in [0.5, 0.6) is 0 Å². The number of hydrogen-bond donors (Lipinski definition) is 1. The fourth-order valence-electron chi connectivity index (χ4n) is 3.96. The standard InChI is InChI=1S/C22H23N5O/c1-14(2)22(28)26-16-4-6-21-19(10-16)18-9-15(11-23)3-5-20(18)27(21)13-17-12-24-7-8-25-17/h3,5,7-9,12,14,16H,4,6,10,13H2,1-2H3,(H,26,28). The Morgan fingerprint density at radius 1 is 1.39 bits per heavy atom. The number of amides is 1. The monoisotopic (exact) mass is 373 g/mol. The minimum Gasteiger partial charge on any atom is -0.353 e. The fraction of sp³-hybridized carbons (Fsp3) is 0.364. The van der Waals surface area contributed by atoms with Crippen LogP contribution in [0, 0.1) is 17.2 Å². The van der Waals surface area contributed by atoms with Gasteiger partial charge in [-0.1, -0.05) is 13.8 Å². The highest BCUT2D eigenvalue weighted by Crippen LogP contribution is 2.33. The summed E-state index contributed by atoms with van der Waals surface area (Å²) in [5.41, 5.74) is 5.16. The summed E-state index contributed by atoms with van der Waals surface area (Å²) in [6, 6.07) is 8.21. The third-order valence-electron chi connectivity index (χ3n) is 5.40. The highest BCUT2D eigenvalue weighted by Gasteiger charge is 2.27. The van der Waals surface area contributed by atoms with Gasteiger partial charge in [-0.15, -0.1) is 0 Å². The first kappa shape index (κ1) is 18.2. The van der Waals surface area contributed by atoms with Crippen LogP contribution in [-0.2, 0) is 24.2 Å². The number of rotatable bonds is 4. The van der Waals surface area contributed by atoms with Gasteiger partial charge >= 0.3 is 0 Å². The Morgan fingerprint density at radius 3 is 2.96 bits per heavy atom. The molecule has 1 aliphatic rings. The van der Waals surface area contributed by atoms with Crippen molar-refractivity contribution in [3.63, 3.8) is 0 Å². The molecule has 4 rings (SSSR count). The molecule has 0 saturated heterocycles. The zero-order valence-corrected chi connectivity index (χ0v) is 16.1. The molecule has 1 amide bonds. The summed E-state index contributed by atoms with van der Waals surface area (Å²) in [4.78, 5) is 20.8. The highest BCUT2D eigenvalue weighted by atomic mass is 16.1. The summed E-state index contributed by atoms with van der Waals surface area (Å²) < 4.78 is 2.29. The number of carbonyl (C=O) groups excluding carboxylic acids is 1. The lowest BCUT2D eigenvalue weighted by atomic mass is 9.90. The summed E-state index contributed by atoms with van der Waals surface area (Å²) in [7, 11) is 0. The van der Waals surface area contributed by atoms with Gasteiger partial charge in [-0.2, -0.15) is 5.26 Å². The number of carbonyl (C=O) groups is 1. The lowest BCUT2D eigenvalue weighted by Crippen LogP contribution is -2.41. The van der Waals surface area contributed by atoms with E-state index in [9.17, 15) is 10.1 Å². The molecule has 0 saturated carbocycles. The predicted octanol–water partition coefficient (Wildman–Crippen LogP) is 2.98. The zero-order valence-electron chi connectivity index (χ0n) is 16.1. The average Bonchev–Trinajstić information content (AvgIpc) is 3.01. The first-order valence-corrected chi connectivity index (χ1v) is 9.66. The minimum atomic E-state index is -0.0235. The molecule has 28 heavy (non-hydrogen) atoms. The van der Waals surface area contributed by atoms with Gasteiger partial charge < -0.3 is 9.88 Å². The van der Waals surface area contributed by atoms with Gasteiger partial charge in [0.15, 0.2) is 0 Å². The van der Waals surface area contributed by atoms with Crippen molar-refractivity contribution in [3.05, 3.63) is 59.3 Å². The summed E-state index contributed by atoms with van der Waals surface area (Å²) in [5, 5.41) is 13.6. The van der Waals surface area contributed by atoms with E-state index < -0.39 is 0 Å². The number of benzene rings is 1. The van der Waals surface area contributed by atoms with Gasteiger partial charge in [0, 0.05) is 41.0 Å². The summed E-state index contributed by atoms with van der Waals surface area (Å²) >= 11 is 0. The van der Waals surface area contributed by atoms with Crippen molar-refractivity contribution in [2.24, 2.45) is 5.92 Å². The molecule has 2 aromatic heterocycles. The van der Waals surface area contributed by atoms with Gasteiger partial charge in [0.25, 0.3) is 0 Å². The average molecular weight is 373 g/mol. The van der Waals surface area contributed by atoms with Crippen molar-refractivity contribution < 1.29 is 4.79 Å². The second-order valence-electron chi connectivity index (χ2n) is 7.65. The van der Waals surface area contributed by atoms with Gasteiger partial charge in [-0.3, -0.25) is 14.8 Å². The summed E-state index contributed by atoms with van der Waals surface area (Å²) in [6.07, 6.45) is 7.75. The molecule has 142 valence electrons. The van der Waals surface area contributed by atoms with Gasteiger partial charge in [0.2, 0.25) is 5.91 Å². The third-order valence-corrected chi connectivity index (χ3v) is 5.40. The predicted molar refractivity (Wildman–Crippen MR) is 107 cm³/mol. The van der Waals surface area contributed by atoms with E-state index in [1.54, 1.807) is 18.6 Å². The molecule has 0 aliphatic heterocycles. The molecule has 0 fully saturated rings. The second-order valence-corrected chi connectivity index (χ2v) is 7.65. The van der Waals surface area contributed by atoms with E-state index in [1.807, 2.05) is 32.0 Å². The maximum absolute atomic E-state index is 12.2. The fourth-order valence-corrected chi connectivity index (χ4v) is 3.96. The van der Waals surface area contributed by atoms with Crippen LogP contribution in [0.3, 0.4) is 0 Å². The van der Waals surface area contributed by atoms with Crippen LogP contribution in [0.2, 0.25) is 0 Å². The molecule has 6 heteroatoms. The summed E-state index contributed by atoms with van der Waals surface area (Å²) in [6.45, 7) is 4.47. The van der Waals surface area contributed by atoms with E-state index in [1.165, 1.54) is 11.3 Å². The van der Waals surface area contributed by atoms with Crippen LogP contribution in [0.1, 0.15) is 42.8 Å². The Kier molecular flexibility index (Phi) is 4.82. The van der Waals surface area contributed by atoms with Crippen molar-refractivity contribution in [3.8, 4) is 6.07 Å². The maximum Gasteiger partial charge on any atom is 0.222 e. The lowest BCUT2D eigenvalue weighted by molar-refractivity contribution is -0.124. The van der Waals surface area contributed by atoms with E-state index in [0.29, 0.717) is 12.1 Å². The van der Waals surface area contributed by atoms with Crippen LogP contribution in [0.25, 0.3) is 10.9 Å². The molecule has 1 N–H and O–H groups in total. The molecule has 6 nitrogen and oxygen atoms in total. The Balaban J connectivity index is 1.76. The molecule has 0 spiro atoms. The molecule has 0 radical (unpaired) electrons. The second kappa shape index (κ2) is 7.43. The molecule has 0 bridgehead atoms. The molecule has 1 aromatic carbocycles. The molecule has 1 aliphatic carbocycles. The van der Waals surface area contributed by atoms with Crippen LogP contribution in [0.15, 0.2) is 36.8 Å². The molecule has 3 aromatic rings. The van der Waals surface area contributed by atoms with Crippen molar-refractivity contribution in [1.82, 2.24) is 19.9 Å². The highest BCUT2D eigenvalue weighted by molar-refractivity contribution is 5.87. The first-order valence-electron chi connectivity index (χ1n) is 9.66. The van der Waals surface area contributed by atoms with Crippen LogP contribution in [-0.4, -0.2) is 26.5 Å². The quantitative estimate of drug-likeness (QED) is 0.762. The third kappa shape index (κ3) is 3.36. The van der Waals surface area contributed by atoms with Crippen LogP contribution >= 0.6 is 0 Å². The molecule has 2 heterocycles. The van der Waals surface area contributed by atoms with Crippen molar-refractivity contribution in [2.45, 2.75) is 45.7 Å². The normalized spacial score (nSPS) is 16.0. The van der Waals surface area contributed by atoms with Gasteiger partial charge in [0.05, 0.1) is 30.1 Å². The maximum atomic E-state index is 12.2. The van der Waals surface area contributed by atoms with E-state index in [0.717, 1.165) is 35.9 Å². The molecular formula is C22H23N5O. The number of aromatic nitrogens is 3. The Bertz CT molecular complexity index is 1060. The van der Waals surface area contributed by atoms with Gasteiger partial charge in [-0.25, -0.2) is 0 Å². The molecular weight excluding hydrogens is 350 g/mol. The number of fused-ring (bicyclic) bond motifs is 3. The lowest BCUT2D eigenvalue weighted by Gasteiger charge is -2.26. The number of nitriles is 1. The number of hydrogen-bond acceptors (Lipinski definition) is 4. The topological polar surface area (TPSA) is 83.6 Å². The first-order chi connectivity index (χ1) is 13.6. The van der Waals surface area contributed by atoms with Crippen LogP contribution < -0.4 is 5.32 Å². The van der Waals surface area contributed by atoms with E-state index in [4.69, 9.17) is 0 Å².